The number of likely N-dealkylation sites (tertiary alicyclic amines) is 1. The minimum absolute atomic E-state index is 0.0207. The summed E-state index contributed by atoms with van der Waals surface area (Å²) >= 11 is 0. The summed E-state index contributed by atoms with van der Waals surface area (Å²) in [6.45, 7) is 9.25. The normalized spacial score (nSPS) is 17.9. The first-order valence-corrected chi connectivity index (χ1v) is 9.06. The van der Waals surface area contributed by atoms with E-state index in [0.717, 1.165) is 37.3 Å². The molecule has 25 heavy (non-hydrogen) atoms. The molecule has 1 fully saturated rings. The molecule has 2 amide bonds. The van der Waals surface area contributed by atoms with Crippen molar-refractivity contribution in [1.29, 1.82) is 0 Å². The molecule has 0 bridgehead atoms. The minimum atomic E-state index is -0.0207. The maximum atomic E-state index is 12.6. The fraction of sp³-hybridized carbons (Fsp3) is 0.611. The number of nitrogens with one attached hydrogen (secondary N) is 1. The summed E-state index contributed by atoms with van der Waals surface area (Å²) < 4.78 is 4.10. The van der Waals surface area contributed by atoms with Crippen molar-refractivity contribution in [1.82, 2.24) is 29.5 Å². The molecule has 3 rings (SSSR count). The van der Waals surface area contributed by atoms with Crippen molar-refractivity contribution < 1.29 is 4.79 Å². The van der Waals surface area contributed by atoms with Gasteiger partial charge in [0.15, 0.2) is 0 Å². The first-order valence-electron chi connectivity index (χ1n) is 9.06. The van der Waals surface area contributed by atoms with Crippen LogP contribution in [0, 0.1) is 12.8 Å². The highest BCUT2D eigenvalue weighted by molar-refractivity contribution is 5.74. The van der Waals surface area contributed by atoms with Gasteiger partial charge in [-0.1, -0.05) is 13.8 Å². The second-order valence-electron chi connectivity index (χ2n) is 7.29. The Labute approximate surface area is 149 Å². The molecular weight excluding hydrogens is 316 g/mol. The molecule has 0 radical (unpaired) electrons. The lowest BCUT2D eigenvalue weighted by molar-refractivity contribution is 0.162. The van der Waals surface area contributed by atoms with Crippen LogP contribution in [0.2, 0.25) is 0 Å². The van der Waals surface area contributed by atoms with Crippen LogP contribution in [0.25, 0.3) is 0 Å². The highest BCUT2D eigenvalue weighted by atomic mass is 16.2. The third-order valence-corrected chi connectivity index (χ3v) is 4.55. The van der Waals surface area contributed by atoms with Gasteiger partial charge in [0.1, 0.15) is 5.82 Å². The Morgan fingerprint density at radius 1 is 1.44 bits per heavy atom. The number of urea groups is 1. The Balaban J connectivity index is 1.55. The molecule has 2 aromatic rings. The highest BCUT2D eigenvalue weighted by Gasteiger charge is 2.25. The molecule has 1 unspecified atom stereocenters. The van der Waals surface area contributed by atoms with Crippen LogP contribution in [0.3, 0.4) is 0 Å². The van der Waals surface area contributed by atoms with Gasteiger partial charge in [-0.15, -0.1) is 0 Å². The predicted octanol–water partition coefficient (Wildman–Crippen LogP) is 2.59. The lowest BCUT2D eigenvalue weighted by atomic mass is 10.1. The molecule has 1 N–H and O–H groups in total. The lowest BCUT2D eigenvalue weighted by Gasteiger charge is -2.32. The van der Waals surface area contributed by atoms with E-state index in [1.54, 1.807) is 6.20 Å². The molecule has 7 heteroatoms. The van der Waals surface area contributed by atoms with E-state index in [1.807, 2.05) is 28.9 Å². The molecule has 1 saturated heterocycles. The quantitative estimate of drug-likeness (QED) is 0.906. The third-order valence-electron chi connectivity index (χ3n) is 4.55. The Bertz CT molecular complexity index is 704. The molecule has 0 aromatic carbocycles. The highest BCUT2D eigenvalue weighted by Crippen LogP contribution is 2.21. The van der Waals surface area contributed by atoms with Crippen molar-refractivity contribution in [2.24, 2.45) is 5.92 Å². The number of carbonyl (C=O) groups excluding carboxylic acids is 1. The van der Waals surface area contributed by atoms with Crippen molar-refractivity contribution in [2.45, 2.75) is 52.7 Å². The second-order valence-corrected chi connectivity index (χ2v) is 7.29. The van der Waals surface area contributed by atoms with Crippen LogP contribution in [0.5, 0.6) is 0 Å². The smallest absolute Gasteiger partial charge is 0.317 e. The van der Waals surface area contributed by atoms with E-state index in [0.29, 0.717) is 19.0 Å². The van der Waals surface area contributed by atoms with Gasteiger partial charge in [-0.3, -0.25) is 4.68 Å². The largest absolute Gasteiger partial charge is 0.333 e. The molecule has 1 aliphatic rings. The second kappa shape index (κ2) is 7.72. The van der Waals surface area contributed by atoms with Crippen LogP contribution >= 0.6 is 0 Å². The molecule has 0 saturated carbocycles. The van der Waals surface area contributed by atoms with Gasteiger partial charge in [0.2, 0.25) is 0 Å². The molecule has 2 aromatic heterocycles. The zero-order valence-corrected chi connectivity index (χ0v) is 15.4. The first kappa shape index (κ1) is 17.5. The fourth-order valence-corrected chi connectivity index (χ4v) is 3.32. The van der Waals surface area contributed by atoms with Crippen molar-refractivity contribution in [2.75, 3.05) is 13.1 Å². The number of nitrogens with zero attached hydrogens (tertiary/aromatic N) is 5. The number of hydrogen-bond acceptors (Lipinski definition) is 3. The Morgan fingerprint density at radius 2 is 2.28 bits per heavy atom. The van der Waals surface area contributed by atoms with E-state index in [9.17, 15) is 4.79 Å². The van der Waals surface area contributed by atoms with Gasteiger partial charge in [-0.05, 0) is 31.2 Å². The van der Waals surface area contributed by atoms with Crippen molar-refractivity contribution in [3.63, 3.8) is 0 Å². The average Bonchev–Trinajstić information content (AvgIpc) is 3.21. The molecular formula is C18H28N6O. The minimum Gasteiger partial charge on any atom is -0.333 e. The van der Waals surface area contributed by atoms with E-state index in [2.05, 4.69) is 40.0 Å². The summed E-state index contributed by atoms with van der Waals surface area (Å²) in [6.07, 6.45) is 9.74. The van der Waals surface area contributed by atoms with Crippen LogP contribution in [-0.2, 0) is 13.1 Å². The molecule has 1 aliphatic heterocycles. The number of aryl methyl sites for hydroxylation is 1. The van der Waals surface area contributed by atoms with Crippen LogP contribution in [0.1, 0.15) is 44.1 Å². The average molecular weight is 344 g/mol. The van der Waals surface area contributed by atoms with Crippen molar-refractivity contribution in [3.05, 3.63) is 36.2 Å². The number of rotatable bonds is 5. The van der Waals surface area contributed by atoms with E-state index in [-0.39, 0.29) is 12.1 Å². The number of imidazole rings is 1. The number of hydrogen-bond donors (Lipinski definition) is 1. The number of carbonyl (C=O) groups is 1. The van der Waals surface area contributed by atoms with Gasteiger partial charge in [-0.2, -0.15) is 5.10 Å². The van der Waals surface area contributed by atoms with Crippen LogP contribution in [0.4, 0.5) is 4.79 Å². The van der Waals surface area contributed by atoms with Gasteiger partial charge in [0, 0.05) is 38.2 Å². The summed E-state index contributed by atoms with van der Waals surface area (Å²) in [6, 6.07) is 0.240. The molecule has 7 nitrogen and oxygen atoms in total. The van der Waals surface area contributed by atoms with Gasteiger partial charge in [-0.25, -0.2) is 9.78 Å². The maximum Gasteiger partial charge on any atom is 0.317 e. The van der Waals surface area contributed by atoms with Crippen molar-refractivity contribution in [3.8, 4) is 0 Å². The van der Waals surface area contributed by atoms with Crippen LogP contribution in [-0.4, -0.2) is 43.4 Å². The zero-order valence-electron chi connectivity index (χ0n) is 15.4. The van der Waals surface area contributed by atoms with Crippen LogP contribution in [0.15, 0.2) is 24.8 Å². The first-order chi connectivity index (χ1) is 12.0. The van der Waals surface area contributed by atoms with Gasteiger partial charge >= 0.3 is 6.03 Å². The summed E-state index contributed by atoms with van der Waals surface area (Å²) in [5, 5.41) is 7.42. The lowest BCUT2D eigenvalue weighted by Crippen LogP contribution is -2.46. The number of amides is 2. The summed E-state index contributed by atoms with van der Waals surface area (Å²) in [5.74, 6) is 1.45. The van der Waals surface area contributed by atoms with Crippen molar-refractivity contribution >= 4 is 6.03 Å². The van der Waals surface area contributed by atoms with E-state index >= 15 is 0 Å². The summed E-state index contributed by atoms with van der Waals surface area (Å²) in [5.41, 5.74) is 1.15. The number of piperidine rings is 1. The van der Waals surface area contributed by atoms with Gasteiger partial charge in [0.25, 0.3) is 0 Å². The zero-order chi connectivity index (χ0) is 17.8. The fourth-order valence-electron chi connectivity index (χ4n) is 3.32. The monoisotopic (exact) mass is 344 g/mol. The Hall–Kier alpha value is -2.31. The Morgan fingerprint density at radius 3 is 3.00 bits per heavy atom. The van der Waals surface area contributed by atoms with Gasteiger partial charge in [0.05, 0.1) is 18.8 Å². The third kappa shape index (κ3) is 4.41. The summed E-state index contributed by atoms with van der Waals surface area (Å²) in [7, 11) is 0. The predicted molar refractivity (Wildman–Crippen MR) is 96.1 cm³/mol. The molecule has 3 heterocycles. The van der Waals surface area contributed by atoms with E-state index in [1.165, 1.54) is 0 Å². The molecule has 136 valence electrons. The van der Waals surface area contributed by atoms with E-state index in [4.69, 9.17) is 0 Å². The molecule has 0 aliphatic carbocycles. The molecule has 0 spiro atoms. The standard InChI is InChI=1S/C18H28N6O/c1-14(2)11-22-8-6-19-17(22)10-20-18(25)23-7-4-5-16(13-23)24-12-15(3)9-21-24/h6,8-9,12,14,16H,4-5,7,10-11,13H2,1-3H3,(H,20,25). The Kier molecular flexibility index (Phi) is 5.40. The topological polar surface area (TPSA) is 68.0 Å². The maximum absolute atomic E-state index is 12.6. The number of aromatic nitrogens is 4. The summed E-state index contributed by atoms with van der Waals surface area (Å²) in [4.78, 5) is 18.8. The van der Waals surface area contributed by atoms with Gasteiger partial charge < -0.3 is 14.8 Å². The van der Waals surface area contributed by atoms with E-state index < -0.39 is 0 Å². The SMILES string of the molecule is Cc1cnn(C2CCCN(C(=O)NCc3nccn3CC(C)C)C2)c1. The molecule has 1 atom stereocenters. The van der Waals surface area contributed by atoms with Crippen LogP contribution < -0.4 is 5.32 Å².